The van der Waals surface area contributed by atoms with Gasteiger partial charge >= 0.3 is 5.97 Å². The average molecular weight is 205 g/mol. The lowest BCUT2D eigenvalue weighted by Crippen LogP contribution is -2.07. The molecule has 70 valence electrons. The van der Waals surface area contributed by atoms with E-state index in [1.165, 1.54) is 7.11 Å². The van der Waals surface area contributed by atoms with Crippen LogP contribution in [-0.4, -0.2) is 18.1 Å². The number of carbonyl (C=O) groups is 1. The van der Waals surface area contributed by atoms with Gasteiger partial charge in [-0.25, -0.2) is 9.78 Å². The Bertz CT molecular complexity index is 357. The van der Waals surface area contributed by atoms with E-state index in [0.717, 1.165) is 6.20 Å². The zero-order valence-electron chi connectivity index (χ0n) is 6.67. The van der Waals surface area contributed by atoms with Crippen LogP contribution >= 0.6 is 11.6 Å². The summed E-state index contributed by atoms with van der Waals surface area (Å²) in [5.41, 5.74) is 5.13. The van der Waals surface area contributed by atoms with E-state index < -0.39 is 11.9 Å². The molecule has 0 aliphatic heterocycles. The van der Waals surface area contributed by atoms with Crippen LogP contribution in [0, 0.1) is 5.95 Å². The molecule has 0 saturated heterocycles. The fourth-order valence-corrected chi connectivity index (χ4v) is 0.900. The summed E-state index contributed by atoms with van der Waals surface area (Å²) < 4.78 is 17.0. The van der Waals surface area contributed by atoms with Gasteiger partial charge in [0.15, 0.2) is 0 Å². The van der Waals surface area contributed by atoms with E-state index in [0.29, 0.717) is 0 Å². The Morgan fingerprint density at radius 3 is 2.92 bits per heavy atom. The van der Waals surface area contributed by atoms with Crippen molar-refractivity contribution < 1.29 is 13.9 Å². The predicted octanol–water partition coefficient (Wildman–Crippen LogP) is 1.24. The Morgan fingerprint density at radius 2 is 2.38 bits per heavy atom. The summed E-state index contributed by atoms with van der Waals surface area (Å²) in [6.07, 6.45) is 0.975. The van der Waals surface area contributed by atoms with Crippen LogP contribution in [0.5, 0.6) is 0 Å². The molecule has 0 aromatic carbocycles. The summed E-state index contributed by atoms with van der Waals surface area (Å²) in [5.74, 6) is -1.61. The maximum absolute atomic E-state index is 12.7. The van der Waals surface area contributed by atoms with Crippen LogP contribution in [0.4, 0.5) is 10.1 Å². The summed E-state index contributed by atoms with van der Waals surface area (Å²) >= 11 is 5.41. The Hall–Kier alpha value is -1.36. The SMILES string of the molecule is COC(=O)c1cnc(F)c(Cl)c1N. The van der Waals surface area contributed by atoms with Crippen molar-refractivity contribution in [1.82, 2.24) is 4.98 Å². The lowest BCUT2D eigenvalue weighted by atomic mass is 10.2. The van der Waals surface area contributed by atoms with Crippen LogP contribution in [0.15, 0.2) is 6.20 Å². The first-order valence-corrected chi connectivity index (χ1v) is 3.63. The number of rotatable bonds is 1. The van der Waals surface area contributed by atoms with Crippen molar-refractivity contribution in [3.8, 4) is 0 Å². The van der Waals surface area contributed by atoms with Gasteiger partial charge in [-0.15, -0.1) is 0 Å². The maximum Gasteiger partial charge on any atom is 0.341 e. The summed E-state index contributed by atoms with van der Waals surface area (Å²) in [6, 6.07) is 0. The van der Waals surface area contributed by atoms with Gasteiger partial charge in [0, 0.05) is 6.20 Å². The van der Waals surface area contributed by atoms with E-state index in [4.69, 9.17) is 17.3 Å². The lowest BCUT2D eigenvalue weighted by Gasteiger charge is -2.04. The minimum absolute atomic E-state index is 0.0473. The number of nitrogen functional groups attached to an aromatic ring is 1. The maximum atomic E-state index is 12.7. The monoisotopic (exact) mass is 204 g/mol. The van der Waals surface area contributed by atoms with Gasteiger partial charge in [-0.1, -0.05) is 11.6 Å². The van der Waals surface area contributed by atoms with E-state index in [-0.39, 0.29) is 16.3 Å². The quantitative estimate of drug-likeness (QED) is 0.552. The molecule has 0 bridgehead atoms. The highest BCUT2D eigenvalue weighted by atomic mass is 35.5. The molecule has 0 fully saturated rings. The predicted molar refractivity (Wildman–Crippen MR) is 45.0 cm³/mol. The average Bonchev–Trinajstić information content (AvgIpc) is 2.13. The number of nitrogens with two attached hydrogens (primary N) is 1. The van der Waals surface area contributed by atoms with Gasteiger partial charge in [0.05, 0.1) is 12.8 Å². The van der Waals surface area contributed by atoms with Crippen molar-refractivity contribution in [3.63, 3.8) is 0 Å². The first-order valence-electron chi connectivity index (χ1n) is 3.25. The number of pyridine rings is 1. The molecule has 1 aromatic rings. The number of ether oxygens (including phenoxy) is 1. The fraction of sp³-hybridized carbons (Fsp3) is 0.143. The Morgan fingerprint density at radius 1 is 1.77 bits per heavy atom. The van der Waals surface area contributed by atoms with Gasteiger partial charge < -0.3 is 10.5 Å². The number of anilines is 1. The minimum atomic E-state index is -0.910. The third-order valence-corrected chi connectivity index (χ3v) is 1.78. The van der Waals surface area contributed by atoms with E-state index >= 15 is 0 Å². The minimum Gasteiger partial charge on any atom is -0.465 e. The number of hydrogen-bond acceptors (Lipinski definition) is 4. The Balaban J connectivity index is 3.26. The molecule has 0 atom stereocenters. The molecule has 1 aromatic heterocycles. The van der Waals surface area contributed by atoms with Gasteiger partial charge in [0.2, 0.25) is 5.95 Å². The molecule has 6 heteroatoms. The van der Waals surface area contributed by atoms with Crippen molar-refractivity contribution in [3.05, 3.63) is 22.7 Å². The standard InChI is InChI=1S/C7H6ClFN2O2/c1-13-7(12)3-2-11-6(9)4(8)5(3)10/h2H,1H3,(H2,10,11). The first kappa shape index (κ1) is 9.73. The summed E-state index contributed by atoms with van der Waals surface area (Å²) in [5, 5.41) is -0.372. The van der Waals surface area contributed by atoms with E-state index in [1.807, 2.05) is 0 Å². The lowest BCUT2D eigenvalue weighted by molar-refractivity contribution is 0.0601. The molecule has 0 unspecified atom stereocenters. The topological polar surface area (TPSA) is 65.2 Å². The number of aromatic nitrogens is 1. The first-order chi connectivity index (χ1) is 6.07. The molecule has 0 saturated carbocycles. The van der Waals surface area contributed by atoms with Crippen molar-refractivity contribution in [1.29, 1.82) is 0 Å². The molecule has 0 spiro atoms. The highest BCUT2D eigenvalue weighted by molar-refractivity contribution is 6.33. The third-order valence-electron chi connectivity index (χ3n) is 1.42. The van der Waals surface area contributed by atoms with Gasteiger partial charge in [0.1, 0.15) is 10.6 Å². The van der Waals surface area contributed by atoms with Crippen LogP contribution in [-0.2, 0) is 4.74 Å². The summed E-state index contributed by atoms with van der Waals surface area (Å²) in [7, 11) is 1.18. The largest absolute Gasteiger partial charge is 0.465 e. The van der Waals surface area contributed by atoms with Crippen molar-refractivity contribution in [2.75, 3.05) is 12.8 Å². The molecule has 0 aliphatic carbocycles. The number of esters is 1. The second-order valence-corrected chi connectivity index (χ2v) is 2.56. The number of methoxy groups -OCH3 is 1. The van der Waals surface area contributed by atoms with Crippen molar-refractivity contribution >= 4 is 23.3 Å². The van der Waals surface area contributed by atoms with Crippen LogP contribution in [0.1, 0.15) is 10.4 Å². The van der Waals surface area contributed by atoms with Gasteiger partial charge in [-0.05, 0) is 0 Å². The number of halogens is 2. The smallest absolute Gasteiger partial charge is 0.341 e. The Kier molecular flexibility index (Phi) is 2.67. The molecule has 1 heterocycles. The molecule has 13 heavy (non-hydrogen) atoms. The van der Waals surface area contributed by atoms with Crippen LogP contribution in [0.3, 0.4) is 0 Å². The molecular weight excluding hydrogens is 199 g/mol. The number of carbonyl (C=O) groups excluding carboxylic acids is 1. The summed E-state index contributed by atoms with van der Waals surface area (Å²) in [4.78, 5) is 14.2. The molecule has 0 radical (unpaired) electrons. The normalized spacial score (nSPS) is 9.77. The molecular formula is C7H6ClFN2O2. The highest BCUT2D eigenvalue weighted by Crippen LogP contribution is 2.24. The molecule has 4 nitrogen and oxygen atoms in total. The zero-order valence-corrected chi connectivity index (χ0v) is 7.43. The van der Waals surface area contributed by atoms with E-state index in [9.17, 15) is 9.18 Å². The highest BCUT2D eigenvalue weighted by Gasteiger charge is 2.16. The molecule has 1 rings (SSSR count). The molecule has 0 amide bonds. The van der Waals surface area contributed by atoms with Crippen LogP contribution in [0.2, 0.25) is 5.02 Å². The zero-order chi connectivity index (χ0) is 10.0. The second-order valence-electron chi connectivity index (χ2n) is 2.18. The molecule has 2 N–H and O–H groups in total. The van der Waals surface area contributed by atoms with Gasteiger partial charge in [-0.2, -0.15) is 4.39 Å². The van der Waals surface area contributed by atoms with Gasteiger partial charge in [0.25, 0.3) is 0 Å². The summed E-state index contributed by atoms with van der Waals surface area (Å²) in [6.45, 7) is 0. The van der Waals surface area contributed by atoms with E-state index in [1.54, 1.807) is 0 Å². The van der Waals surface area contributed by atoms with Crippen molar-refractivity contribution in [2.45, 2.75) is 0 Å². The fourth-order valence-electron chi connectivity index (χ4n) is 0.749. The van der Waals surface area contributed by atoms with Gasteiger partial charge in [-0.3, -0.25) is 0 Å². The Labute approximate surface area is 78.5 Å². The second kappa shape index (κ2) is 3.57. The van der Waals surface area contributed by atoms with Crippen molar-refractivity contribution in [2.24, 2.45) is 0 Å². The van der Waals surface area contributed by atoms with Crippen LogP contribution in [0.25, 0.3) is 0 Å². The number of nitrogens with zero attached hydrogens (tertiary/aromatic N) is 1. The van der Waals surface area contributed by atoms with Crippen LogP contribution < -0.4 is 5.73 Å². The third kappa shape index (κ3) is 1.70. The van der Waals surface area contributed by atoms with E-state index in [2.05, 4.69) is 9.72 Å². The molecule has 0 aliphatic rings. The number of hydrogen-bond donors (Lipinski definition) is 1.